The third-order valence-electron chi connectivity index (χ3n) is 3.55. The number of hydrogen-bond donors (Lipinski definition) is 0. The summed E-state index contributed by atoms with van der Waals surface area (Å²) in [6, 6.07) is 4.19. The van der Waals surface area contributed by atoms with Crippen molar-refractivity contribution in [3.05, 3.63) is 17.5 Å². The predicted molar refractivity (Wildman–Crippen MR) is 55.2 cm³/mol. The van der Waals surface area contributed by atoms with Crippen LogP contribution < -0.4 is 0 Å². The van der Waals surface area contributed by atoms with Crippen molar-refractivity contribution in [1.29, 1.82) is 0 Å². The Morgan fingerprint density at radius 2 is 2.29 bits per heavy atom. The normalized spacial score (nSPS) is 30.3. The first-order valence-corrected chi connectivity index (χ1v) is 5.48. The monoisotopic (exact) mass is 191 g/mol. The van der Waals surface area contributed by atoms with Crippen LogP contribution >= 0.6 is 0 Å². The number of aryl methyl sites for hydroxylation is 1. The molecule has 2 unspecified atom stereocenters. The zero-order valence-corrected chi connectivity index (χ0v) is 9.07. The van der Waals surface area contributed by atoms with Gasteiger partial charge in [-0.1, -0.05) is 0 Å². The van der Waals surface area contributed by atoms with Gasteiger partial charge in [-0.3, -0.25) is 9.58 Å². The number of aromatic nitrogens is 2. The van der Waals surface area contributed by atoms with E-state index in [1.54, 1.807) is 0 Å². The topological polar surface area (TPSA) is 21.1 Å². The lowest BCUT2D eigenvalue weighted by Gasteiger charge is -2.30. The van der Waals surface area contributed by atoms with Gasteiger partial charge in [0.25, 0.3) is 0 Å². The fourth-order valence-electron chi connectivity index (χ4n) is 2.95. The molecule has 76 valence electrons. The van der Waals surface area contributed by atoms with Gasteiger partial charge in [-0.15, -0.1) is 0 Å². The largest absolute Gasteiger partial charge is 0.290 e. The lowest BCUT2D eigenvalue weighted by molar-refractivity contribution is 0.178. The number of likely N-dealkylation sites (tertiary alicyclic amines) is 1. The molecule has 3 heteroatoms. The van der Waals surface area contributed by atoms with Crippen LogP contribution in [0.2, 0.25) is 0 Å². The molecule has 1 aromatic rings. The first-order chi connectivity index (χ1) is 6.66. The third-order valence-corrected chi connectivity index (χ3v) is 3.55. The molecule has 2 bridgehead atoms. The van der Waals surface area contributed by atoms with Crippen LogP contribution in [-0.2, 0) is 0 Å². The number of rotatable bonds is 1. The Bertz CT molecular complexity index is 367. The Labute approximate surface area is 84.7 Å². The zero-order valence-electron chi connectivity index (χ0n) is 9.07. The summed E-state index contributed by atoms with van der Waals surface area (Å²) in [5, 5.41) is 4.56. The van der Waals surface area contributed by atoms with Gasteiger partial charge in [0.15, 0.2) is 0 Å². The number of hydrogen-bond acceptors (Lipinski definition) is 2. The maximum atomic E-state index is 4.56. The number of fused-ring (bicyclic) bond motifs is 5. The molecule has 0 aliphatic carbocycles. The summed E-state index contributed by atoms with van der Waals surface area (Å²) in [4.78, 5) is 2.60. The molecule has 3 rings (SSSR count). The summed E-state index contributed by atoms with van der Waals surface area (Å²) in [7, 11) is 0. The SMILES string of the molecule is Cc1cc2n(n1)C1CC2N(C(C)C)C1. The first-order valence-electron chi connectivity index (χ1n) is 5.48. The van der Waals surface area contributed by atoms with Gasteiger partial charge in [-0.05, 0) is 33.3 Å². The van der Waals surface area contributed by atoms with Gasteiger partial charge in [-0.2, -0.15) is 5.10 Å². The lowest BCUT2D eigenvalue weighted by atomic mass is 10.1. The molecule has 1 fully saturated rings. The van der Waals surface area contributed by atoms with E-state index < -0.39 is 0 Å². The molecule has 2 atom stereocenters. The van der Waals surface area contributed by atoms with Crippen molar-refractivity contribution >= 4 is 0 Å². The van der Waals surface area contributed by atoms with E-state index in [9.17, 15) is 0 Å². The quantitative estimate of drug-likeness (QED) is 0.676. The standard InChI is InChI=1S/C11H17N3/c1-7(2)13-6-9-5-10(13)11-4-8(3)12-14(9)11/h4,7,9-10H,5-6H2,1-3H3. The second-order valence-electron chi connectivity index (χ2n) is 4.85. The van der Waals surface area contributed by atoms with E-state index in [2.05, 4.69) is 41.5 Å². The second kappa shape index (κ2) is 2.60. The number of nitrogens with zero attached hydrogens (tertiary/aromatic N) is 3. The average molecular weight is 191 g/mol. The van der Waals surface area contributed by atoms with Gasteiger partial charge >= 0.3 is 0 Å². The van der Waals surface area contributed by atoms with Crippen molar-refractivity contribution in [3.8, 4) is 0 Å². The van der Waals surface area contributed by atoms with Gasteiger partial charge in [0.05, 0.1) is 23.5 Å². The highest BCUT2D eigenvalue weighted by Crippen LogP contribution is 2.46. The third kappa shape index (κ3) is 0.934. The van der Waals surface area contributed by atoms with E-state index in [0.29, 0.717) is 18.1 Å². The molecule has 2 aliphatic rings. The van der Waals surface area contributed by atoms with Crippen molar-refractivity contribution in [2.24, 2.45) is 0 Å². The summed E-state index contributed by atoms with van der Waals surface area (Å²) < 4.78 is 2.25. The summed E-state index contributed by atoms with van der Waals surface area (Å²) in [6.07, 6.45) is 1.28. The molecular weight excluding hydrogens is 174 g/mol. The summed E-state index contributed by atoms with van der Waals surface area (Å²) in [5.74, 6) is 0. The molecule has 2 aliphatic heterocycles. The Kier molecular flexibility index (Phi) is 1.57. The Hall–Kier alpha value is -0.830. The second-order valence-corrected chi connectivity index (χ2v) is 4.85. The van der Waals surface area contributed by atoms with Crippen molar-refractivity contribution in [2.75, 3.05) is 6.54 Å². The van der Waals surface area contributed by atoms with E-state index in [-0.39, 0.29) is 0 Å². The zero-order chi connectivity index (χ0) is 9.87. The van der Waals surface area contributed by atoms with Crippen LogP contribution in [0.3, 0.4) is 0 Å². The van der Waals surface area contributed by atoms with Crippen LogP contribution in [0.15, 0.2) is 6.07 Å². The van der Waals surface area contributed by atoms with Crippen LogP contribution in [-0.4, -0.2) is 27.3 Å². The van der Waals surface area contributed by atoms with E-state index in [1.165, 1.54) is 24.4 Å². The van der Waals surface area contributed by atoms with Gasteiger partial charge in [0, 0.05) is 12.6 Å². The van der Waals surface area contributed by atoms with Crippen molar-refractivity contribution < 1.29 is 0 Å². The Morgan fingerprint density at radius 3 is 3.00 bits per heavy atom. The fraction of sp³-hybridized carbons (Fsp3) is 0.727. The molecule has 14 heavy (non-hydrogen) atoms. The van der Waals surface area contributed by atoms with Crippen molar-refractivity contribution in [2.45, 2.75) is 45.3 Å². The summed E-state index contributed by atoms with van der Waals surface area (Å²) in [6.45, 7) is 7.85. The summed E-state index contributed by atoms with van der Waals surface area (Å²) >= 11 is 0. The maximum Gasteiger partial charge on any atom is 0.0669 e. The molecule has 0 N–H and O–H groups in total. The van der Waals surface area contributed by atoms with Crippen molar-refractivity contribution in [3.63, 3.8) is 0 Å². The fourth-order valence-corrected chi connectivity index (χ4v) is 2.95. The van der Waals surface area contributed by atoms with Crippen LogP contribution in [0, 0.1) is 6.92 Å². The molecule has 1 saturated heterocycles. The van der Waals surface area contributed by atoms with Crippen LogP contribution in [0.25, 0.3) is 0 Å². The minimum absolute atomic E-state index is 0.640. The molecule has 3 nitrogen and oxygen atoms in total. The van der Waals surface area contributed by atoms with E-state index in [4.69, 9.17) is 0 Å². The average Bonchev–Trinajstić information content (AvgIpc) is 2.70. The highest BCUT2D eigenvalue weighted by atomic mass is 15.4. The van der Waals surface area contributed by atoms with E-state index in [1.807, 2.05) is 0 Å². The molecule has 0 aromatic carbocycles. The van der Waals surface area contributed by atoms with Gasteiger partial charge in [-0.25, -0.2) is 0 Å². The van der Waals surface area contributed by atoms with Crippen LogP contribution in [0.4, 0.5) is 0 Å². The minimum atomic E-state index is 0.640. The lowest BCUT2D eigenvalue weighted by Crippen LogP contribution is -2.35. The Morgan fingerprint density at radius 1 is 1.50 bits per heavy atom. The highest BCUT2D eigenvalue weighted by molar-refractivity contribution is 5.22. The van der Waals surface area contributed by atoms with E-state index in [0.717, 1.165) is 0 Å². The minimum Gasteiger partial charge on any atom is -0.290 e. The summed E-state index contributed by atoms with van der Waals surface area (Å²) in [5.41, 5.74) is 2.60. The predicted octanol–water partition coefficient (Wildman–Crippen LogP) is 1.90. The highest BCUT2D eigenvalue weighted by Gasteiger charge is 2.44. The smallest absolute Gasteiger partial charge is 0.0669 e. The van der Waals surface area contributed by atoms with Gasteiger partial charge in [0.2, 0.25) is 0 Å². The van der Waals surface area contributed by atoms with Gasteiger partial charge < -0.3 is 0 Å². The maximum absolute atomic E-state index is 4.56. The molecule has 0 saturated carbocycles. The molecule has 1 aromatic heterocycles. The van der Waals surface area contributed by atoms with Crippen molar-refractivity contribution in [1.82, 2.24) is 14.7 Å². The molecule has 0 amide bonds. The molecule has 0 radical (unpaired) electrons. The molecule has 3 heterocycles. The van der Waals surface area contributed by atoms with Crippen LogP contribution in [0.1, 0.15) is 43.7 Å². The molecular formula is C11H17N3. The first kappa shape index (κ1) is 8.48. The van der Waals surface area contributed by atoms with Gasteiger partial charge in [0.1, 0.15) is 0 Å². The Balaban J connectivity index is 2.01. The van der Waals surface area contributed by atoms with E-state index >= 15 is 0 Å². The van der Waals surface area contributed by atoms with Crippen LogP contribution in [0.5, 0.6) is 0 Å². The molecule has 0 spiro atoms.